The van der Waals surface area contributed by atoms with Crippen LogP contribution in [0.15, 0.2) is 12.1 Å². The van der Waals surface area contributed by atoms with E-state index in [9.17, 15) is 0 Å². The van der Waals surface area contributed by atoms with Crippen molar-refractivity contribution in [2.75, 3.05) is 0 Å². The van der Waals surface area contributed by atoms with Crippen molar-refractivity contribution >= 4 is 11.3 Å². The fraction of sp³-hybridized carbons (Fsp3) is 0.765. The van der Waals surface area contributed by atoms with Gasteiger partial charge in [-0.2, -0.15) is 0 Å². The van der Waals surface area contributed by atoms with Crippen molar-refractivity contribution in [1.82, 2.24) is 5.32 Å². The van der Waals surface area contributed by atoms with Crippen LogP contribution >= 0.6 is 11.3 Å². The molecule has 0 saturated heterocycles. The monoisotopic (exact) mass is 293 g/mol. The maximum absolute atomic E-state index is 6.14. The van der Waals surface area contributed by atoms with Crippen LogP contribution in [0.2, 0.25) is 0 Å². The summed E-state index contributed by atoms with van der Waals surface area (Å²) in [5.41, 5.74) is 0. The van der Waals surface area contributed by atoms with E-state index >= 15 is 0 Å². The number of nitrogens with one attached hydrogen (secondary N) is 1. The standard InChI is InChI=1S/C17H27NOS/c1-2-13-4-3-5-15(10-13)19-12-17-9-8-16(20-17)11-18-14-6-7-14/h8-9,13-15,18H,2-7,10-12H2,1H3. The van der Waals surface area contributed by atoms with Crippen LogP contribution in [0.1, 0.15) is 61.6 Å². The van der Waals surface area contributed by atoms with E-state index in [0.717, 1.165) is 25.1 Å². The van der Waals surface area contributed by atoms with Crippen molar-refractivity contribution < 1.29 is 4.74 Å². The largest absolute Gasteiger partial charge is 0.373 e. The SMILES string of the molecule is CCC1CCCC(OCc2ccc(CNC3CC3)s2)C1. The summed E-state index contributed by atoms with van der Waals surface area (Å²) in [4.78, 5) is 2.83. The first-order valence-corrected chi connectivity index (χ1v) is 9.07. The maximum atomic E-state index is 6.14. The lowest BCUT2D eigenvalue weighted by atomic mass is 9.85. The fourth-order valence-corrected chi connectivity index (χ4v) is 3.98. The molecule has 2 saturated carbocycles. The van der Waals surface area contributed by atoms with E-state index in [2.05, 4.69) is 24.4 Å². The van der Waals surface area contributed by atoms with Gasteiger partial charge in [0.05, 0.1) is 12.7 Å². The predicted molar refractivity (Wildman–Crippen MR) is 85.0 cm³/mol. The highest BCUT2D eigenvalue weighted by Gasteiger charge is 2.22. The lowest BCUT2D eigenvalue weighted by Crippen LogP contribution is -2.22. The summed E-state index contributed by atoms with van der Waals surface area (Å²) in [6, 6.07) is 5.30. The molecule has 1 aromatic heterocycles. The normalized spacial score (nSPS) is 26.9. The molecule has 1 N–H and O–H groups in total. The minimum Gasteiger partial charge on any atom is -0.373 e. The van der Waals surface area contributed by atoms with Gasteiger partial charge in [0.25, 0.3) is 0 Å². The Morgan fingerprint density at radius 3 is 2.85 bits per heavy atom. The average molecular weight is 293 g/mol. The van der Waals surface area contributed by atoms with Crippen LogP contribution in [0.3, 0.4) is 0 Å². The number of rotatable bonds is 7. The summed E-state index contributed by atoms with van der Waals surface area (Å²) in [6.07, 6.45) is 9.84. The molecule has 0 aromatic carbocycles. The van der Waals surface area contributed by atoms with Crippen molar-refractivity contribution in [2.24, 2.45) is 5.92 Å². The van der Waals surface area contributed by atoms with Gasteiger partial charge < -0.3 is 10.1 Å². The zero-order valence-electron chi connectivity index (χ0n) is 12.6. The van der Waals surface area contributed by atoms with Gasteiger partial charge in [-0.1, -0.05) is 26.2 Å². The van der Waals surface area contributed by atoms with Gasteiger partial charge in [-0.25, -0.2) is 0 Å². The lowest BCUT2D eigenvalue weighted by Gasteiger charge is -2.28. The van der Waals surface area contributed by atoms with Crippen LogP contribution in [-0.2, 0) is 17.9 Å². The Labute approximate surface area is 126 Å². The highest BCUT2D eigenvalue weighted by molar-refractivity contribution is 7.11. The predicted octanol–water partition coefficient (Wildman–Crippen LogP) is 4.49. The van der Waals surface area contributed by atoms with Crippen LogP contribution < -0.4 is 5.32 Å². The number of ether oxygens (including phenoxy) is 1. The lowest BCUT2D eigenvalue weighted by molar-refractivity contribution is 0.00298. The van der Waals surface area contributed by atoms with Crippen molar-refractivity contribution in [1.29, 1.82) is 0 Å². The summed E-state index contributed by atoms with van der Waals surface area (Å²) in [7, 11) is 0. The van der Waals surface area contributed by atoms with Gasteiger partial charge in [0, 0.05) is 22.3 Å². The molecule has 20 heavy (non-hydrogen) atoms. The van der Waals surface area contributed by atoms with Crippen molar-refractivity contribution in [2.45, 2.75) is 77.2 Å². The van der Waals surface area contributed by atoms with Gasteiger partial charge >= 0.3 is 0 Å². The molecule has 0 spiro atoms. The first-order valence-electron chi connectivity index (χ1n) is 8.26. The van der Waals surface area contributed by atoms with Crippen LogP contribution in [0.4, 0.5) is 0 Å². The summed E-state index contributed by atoms with van der Waals surface area (Å²) in [5.74, 6) is 0.899. The molecule has 112 valence electrons. The summed E-state index contributed by atoms with van der Waals surface area (Å²) >= 11 is 1.91. The number of hydrogen-bond donors (Lipinski definition) is 1. The Bertz CT molecular complexity index is 413. The molecular weight excluding hydrogens is 266 g/mol. The molecule has 2 unspecified atom stereocenters. The van der Waals surface area contributed by atoms with Gasteiger partial charge in [0.1, 0.15) is 0 Å². The second-order valence-electron chi connectivity index (χ2n) is 6.40. The first kappa shape index (κ1) is 14.6. The van der Waals surface area contributed by atoms with Gasteiger partial charge in [-0.05, 0) is 43.7 Å². The van der Waals surface area contributed by atoms with Crippen molar-refractivity contribution in [3.05, 3.63) is 21.9 Å². The molecule has 0 radical (unpaired) electrons. The minimum atomic E-state index is 0.504. The molecular formula is C17H27NOS. The average Bonchev–Trinajstić information content (AvgIpc) is 3.21. The second kappa shape index (κ2) is 7.06. The zero-order chi connectivity index (χ0) is 13.8. The molecule has 2 fully saturated rings. The smallest absolute Gasteiger partial charge is 0.0813 e. The Kier molecular flexibility index (Phi) is 5.14. The Balaban J connectivity index is 1.40. The third kappa shape index (κ3) is 4.31. The van der Waals surface area contributed by atoms with E-state index in [1.54, 1.807) is 0 Å². The molecule has 0 bridgehead atoms. The second-order valence-corrected chi connectivity index (χ2v) is 7.65. The minimum absolute atomic E-state index is 0.504. The molecule has 0 amide bonds. The molecule has 2 atom stereocenters. The maximum Gasteiger partial charge on any atom is 0.0813 e. The summed E-state index contributed by atoms with van der Waals surface area (Å²) in [5, 5.41) is 3.57. The van der Waals surface area contributed by atoms with E-state index in [1.807, 2.05) is 11.3 Å². The van der Waals surface area contributed by atoms with Gasteiger partial charge in [0.2, 0.25) is 0 Å². The van der Waals surface area contributed by atoms with E-state index in [4.69, 9.17) is 4.74 Å². The van der Waals surface area contributed by atoms with E-state index < -0.39 is 0 Å². The third-order valence-corrected chi connectivity index (χ3v) is 5.69. The van der Waals surface area contributed by atoms with Crippen molar-refractivity contribution in [3.8, 4) is 0 Å². The molecule has 1 aromatic rings. The Morgan fingerprint density at radius 1 is 1.20 bits per heavy atom. The van der Waals surface area contributed by atoms with E-state index in [-0.39, 0.29) is 0 Å². The van der Waals surface area contributed by atoms with E-state index in [0.29, 0.717) is 6.10 Å². The zero-order valence-corrected chi connectivity index (χ0v) is 13.4. The first-order chi connectivity index (χ1) is 9.83. The molecule has 2 aliphatic rings. The van der Waals surface area contributed by atoms with Crippen LogP contribution in [0, 0.1) is 5.92 Å². The van der Waals surface area contributed by atoms with Gasteiger partial charge in [-0.3, -0.25) is 0 Å². The molecule has 3 rings (SSSR count). The molecule has 3 heteroatoms. The number of thiophene rings is 1. The van der Waals surface area contributed by atoms with Crippen LogP contribution in [0.25, 0.3) is 0 Å². The fourth-order valence-electron chi connectivity index (χ4n) is 3.09. The third-order valence-electron chi connectivity index (χ3n) is 4.63. The summed E-state index contributed by atoms with van der Waals surface area (Å²) < 4.78 is 6.14. The molecule has 2 nitrogen and oxygen atoms in total. The number of hydrogen-bond acceptors (Lipinski definition) is 3. The quantitative estimate of drug-likeness (QED) is 0.800. The topological polar surface area (TPSA) is 21.3 Å². The van der Waals surface area contributed by atoms with Crippen LogP contribution in [0.5, 0.6) is 0 Å². The van der Waals surface area contributed by atoms with Crippen molar-refractivity contribution in [3.63, 3.8) is 0 Å². The molecule has 1 heterocycles. The Morgan fingerprint density at radius 2 is 2.05 bits per heavy atom. The highest BCUT2D eigenvalue weighted by atomic mass is 32.1. The van der Waals surface area contributed by atoms with Gasteiger partial charge in [0.15, 0.2) is 0 Å². The Hall–Kier alpha value is -0.380. The van der Waals surface area contributed by atoms with E-state index in [1.165, 1.54) is 54.7 Å². The van der Waals surface area contributed by atoms with Crippen LogP contribution in [-0.4, -0.2) is 12.1 Å². The molecule has 0 aliphatic heterocycles. The van der Waals surface area contributed by atoms with Gasteiger partial charge in [-0.15, -0.1) is 11.3 Å². The molecule has 2 aliphatic carbocycles. The highest BCUT2D eigenvalue weighted by Crippen LogP contribution is 2.29. The summed E-state index contributed by atoms with van der Waals surface area (Å²) in [6.45, 7) is 4.16.